The van der Waals surface area contributed by atoms with Crippen molar-refractivity contribution in [3.05, 3.63) is 73.2 Å². The fourth-order valence-electron chi connectivity index (χ4n) is 3.18. The number of likely N-dealkylation sites (tertiary alicyclic amines) is 1. The maximum absolute atomic E-state index is 12.4. The molecule has 2 heterocycles. The normalized spacial score (nSPS) is 16.0. The molecule has 142 valence electrons. The Bertz CT molecular complexity index is 901. The molecule has 28 heavy (non-hydrogen) atoms. The molecule has 1 atom stereocenters. The number of ether oxygens (including phenoxy) is 2. The monoisotopic (exact) mass is 375 g/mol. The van der Waals surface area contributed by atoms with Gasteiger partial charge in [0.2, 0.25) is 5.88 Å². The third kappa shape index (κ3) is 4.46. The lowest BCUT2D eigenvalue weighted by Gasteiger charge is -2.17. The number of carbonyl (C=O) groups excluding carboxylic acids is 1. The fourth-order valence-corrected chi connectivity index (χ4v) is 3.18. The number of carbonyl (C=O) groups is 1. The molecule has 6 nitrogen and oxygen atoms in total. The zero-order chi connectivity index (χ0) is 19.2. The molecule has 0 saturated carbocycles. The number of benzene rings is 2. The van der Waals surface area contributed by atoms with Gasteiger partial charge < -0.3 is 14.4 Å². The van der Waals surface area contributed by atoms with Crippen LogP contribution in [0.4, 0.5) is 0 Å². The van der Waals surface area contributed by atoms with Gasteiger partial charge in [-0.2, -0.15) is 0 Å². The number of hydrogen-bond acceptors (Lipinski definition) is 5. The number of amides is 1. The maximum atomic E-state index is 12.4. The first-order valence-electron chi connectivity index (χ1n) is 9.27. The van der Waals surface area contributed by atoms with E-state index in [4.69, 9.17) is 9.47 Å². The highest BCUT2D eigenvalue weighted by Gasteiger charge is 2.28. The lowest BCUT2D eigenvalue weighted by Crippen LogP contribution is -2.34. The highest BCUT2D eigenvalue weighted by Crippen LogP contribution is 2.22. The van der Waals surface area contributed by atoms with E-state index in [0.29, 0.717) is 24.7 Å². The molecule has 0 spiro atoms. The van der Waals surface area contributed by atoms with Gasteiger partial charge in [-0.1, -0.05) is 42.5 Å². The summed E-state index contributed by atoms with van der Waals surface area (Å²) < 4.78 is 11.4. The van der Waals surface area contributed by atoms with E-state index >= 15 is 0 Å². The van der Waals surface area contributed by atoms with Gasteiger partial charge in [-0.3, -0.25) is 9.78 Å². The Morgan fingerprint density at radius 3 is 2.57 bits per heavy atom. The van der Waals surface area contributed by atoms with Gasteiger partial charge in [-0.25, -0.2) is 4.98 Å². The first-order valence-corrected chi connectivity index (χ1v) is 9.27. The zero-order valence-electron chi connectivity index (χ0n) is 15.4. The van der Waals surface area contributed by atoms with Crippen molar-refractivity contribution in [2.24, 2.45) is 0 Å². The molecule has 1 saturated heterocycles. The van der Waals surface area contributed by atoms with Gasteiger partial charge in [-0.15, -0.1) is 0 Å². The fraction of sp³-hybridized carbons (Fsp3) is 0.227. The van der Waals surface area contributed by atoms with E-state index in [1.165, 1.54) is 0 Å². The van der Waals surface area contributed by atoms with Gasteiger partial charge in [0, 0.05) is 25.4 Å². The summed E-state index contributed by atoms with van der Waals surface area (Å²) in [5.74, 6) is 1.12. The van der Waals surface area contributed by atoms with Gasteiger partial charge in [0.1, 0.15) is 11.9 Å². The minimum absolute atomic E-state index is 0.0164. The van der Waals surface area contributed by atoms with E-state index in [2.05, 4.69) is 22.1 Å². The van der Waals surface area contributed by atoms with Crippen LogP contribution in [0, 0.1) is 0 Å². The summed E-state index contributed by atoms with van der Waals surface area (Å²) in [5, 5.41) is 0. The maximum Gasteiger partial charge on any atom is 0.260 e. The molecule has 0 bridgehead atoms. The Labute approximate surface area is 163 Å². The number of nitrogens with zero attached hydrogens (tertiary/aromatic N) is 3. The smallest absolute Gasteiger partial charge is 0.260 e. The second-order valence-electron chi connectivity index (χ2n) is 6.59. The molecular weight excluding hydrogens is 354 g/mol. The topological polar surface area (TPSA) is 64.5 Å². The van der Waals surface area contributed by atoms with E-state index in [1.807, 2.05) is 42.5 Å². The Morgan fingerprint density at radius 1 is 1.04 bits per heavy atom. The van der Waals surface area contributed by atoms with Crippen LogP contribution in [0.1, 0.15) is 6.42 Å². The Balaban J connectivity index is 1.26. The average Bonchev–Trinajstić information content (AvgIpc) is 3.22. The first-order chi connectivity index (χ1) is 13.8. The van der Waals surface area contributed by atoms with Crippen LogP contribution in [0.25, 0.3) is 11.1 Å². The van der Waals surface area contributed by atoms with Crippen molar-refractivity contribution in [2.45, 2.75) is 12.5 Å². The molecule has 1 fully saturated rings. The summed E-state index contributed by atoms with van der Waals surface area (Å²) in [6.45, 7) is 1.20. The van der Waals surface area contributed by atoms with Crippen molar-refractivity contribution in [3.8, 4) is 22.8 Å². The lowest BCUT2D eigenvalue weighted by molar-refractivity contribution is -0.132. The van der Waals surface area contributed by atoms with Crippen LogP contribution >= 0.6 is 0 Å². The zero-order valence-corrected chi connectivity index (χ0v) is 15.4. The second-order valence-corrected chi connectivity index (χ2v) is 6.59. The summed E-state index contributed by atoms with van der Waals surface area (Å²) >= 11 is 0. The van der Waals surface area contributed by atoms with E-state index in [-0.39, 0.29) is 18.6 Å². The predicted octanol–water partition coefficient (Wildman–Crippen LogP) is 3.20. The number of aromatic nitrogens is 2. The van der Waals surface area contributed by atoms with Crippen LogP contribution in [0.15, 0.2) is 73.2 Å². The van der Waals surface area contributed by atoms with Crippen molar-refractivity contribution in [3.63, 3.8) is 0 Å². The molecule has 0 radical (unpaired) electrons. The largest absolute Gasteiger partial charge is 0.484 e. The van der Waals surface area contributed by atoms with Crippen LogP contribution in [0.3, 0.4) is 0 Å². The molecule has 1 aromatic heterocycles. The summed E-state index contributed by atoms with van der Waals surface area (Å²) in [7, 11) is 0. The van der Waals surface area contributed by atoms with Crippen molar-refractivity contribution < 1.29 is 14.3 Å². The molecule has 0 aliphatic carbocycles. The molecule has 0 N–H and O–H groups in total. The molecule has 1 unspecified atom stereocenters. The molecule has 1 aliphatic rings. The van der Waals surface area contributed by atoms with Gasteiger partial charge in [0.15, 0.2) is 6.61 Å². The van der Waals surface area contributed by atoms with Crippen molar-refractivity contribution >= 4 is 5.91 Å². The second kappa shape index (κ2) is 8.52. The molecule has 3 aromatic rings. The Kier molecular flexibility index (Phi) is 5.47. The quantitative estimate of drug-likeness (QED) is 0.662. The van der Waals surface area contributed by atoms with Crippen molar-refractivity contribution in [1.82, 2.24) is 14.9 Å². The van der Waals surface area contributed by atoms with E-state index in [1.54, 1.807) is 23.5 Å². The third-order valence-electron chi connectivity index (χ3n) is 4.65. The summed E-state index contributed by atoms with van der Waals surface area (Å²) in [6.07, 6.45) is 5.47. The third-order valence-corrected chi connectivity index (χ3v) is 4.65. The van der Waals surface area contributed by atoms with Gasteiger partial charge in [0.25, 0.3) is 5.91 Å². The minimum atomic E-state index is -0.0641. The summed E-state index contributed by atoms with van der Waals surface area (Å²) in [5.41, 5.74) is 2.26. The van der Waals surface area contributed by atoms with Gasteiger partial charge in [-0.05, 0) is 23.3 Å². The standard InChI is InChI=1S/C22H21N3O3/c26-22(25-13-10-20(15-25)28-21-14-23-11-12-24-21)16-27-19-8-6-18(7-9-19)17-4-2-1-3-5-17/h1-9,11-12,14,20H,10,13,15-16H2. The first kappa shape index (κ1) is 18.0. The van der Waals surface area contributed by atoms with Crippen LogP contribution in [0.2, 0.25) is 0 Å². The highest BCUT2D eigenvalue weighted by molar-refractivity contribution is 5.78. The highest BCUT2D eigenvalue weighted by atomic mass is 16.5. The van der Waals surface area contributed by atoms with E-state index in [0.717, 1.165) is 17.5 Å². The molecule has 6 heteroatoms. The number of rotatable bonds is 6. The molecule has 1 aliphatic heterocycles. The van der Waals surface area contributed by atoms with Gasteiger partial charge >= 0.3 is 0 Å². The van der Waals surface area contributed by atoms with Gasteiger partial charge in [0.05, 0.1) is 12.7 Å². The van der Waals surface area contributed by atoms with E-state index in [9.17, 15) is 4.79 Å². The molecule has 2 aromatic carbocycles. The van der Waals surface area contributed by atoms with Crippen LogP contribution in [-0.2, 0) is 4.79 Å². The van der Waals surface area contributed by atoms with Crippen molar-refractivity contribution in [1.29, 1.82) is 0 Å². The molecular formula is C22H21N3O3. The summed E-state index contributed by atoms with van der Waals surface area (Å²) in [6, 6.07) is 17.9. The molecule has 1 amide bonds. The predicted molar refractivity (Wildman–Crippen MR) is 105 cm³/mol. The Hall–Kier alpha value is -3.41. The molecule has 4 rings (SSSR count). The Morgan fingerprint density at radius 2 is 1.82 bits per heavy atom. The lowest BCUT2D eigenvalue weighted by atomic mass is 10.1. The van der Waals surface area contributed by atoms with Crippen LogP contribution < -0.4 is 9.47 Å². The minimum Gasteiger partial charge on any atom is -0.484 e. The van der Waals surface area contributed by atoms with Crippen molar-refractivity contribution in [2.75, 3.05) is 19.7 Å². The van der Waals surface area contributed by atoms with Crippen LogP contribution in [-0.4, -0.2) is 46.6 Å². The van der Waals surface area contributed by atoms with E-state index < -0.39 is 0 Å². The van der Waals surface area contributed by atoms with Crippen LogP contribution in [0.5, 0.6) is 11.6 Å². The average molecular weight is 375 g/mol. The number of hydrogen-bond donors (Lipinski definition) is 0. The summed E-state index contributed by atoms with van der Waals surface area (Å²) in [4.78, 5) is 22.3. The SMILES string of the molecule is O=C(COc1ccc(-c2ccccc2)cc1)N1CCC(Oc2cnccn2)C1.